The van der Waals surface area contributed by atoms with Gasteiger partial charge in [-0.3, -0.25) is 4.79 Å². The van der Waals surface area contributed by atoms with Gasteiger partial charge in [0.25, 0.3) is 0 Å². The van der Waals surface area contributed by atoms with E-state index in [0.717, 1.165) is 0 Å². The average molecular weight is 467 g/mol. The predicted molar refractivity (Wildman–Crippen MR) is 124 cm³/mol. The first-order valence-corrected chi connectivity index (χ1v) is 11.1. The van der Waals surface area contributed by atoms with Crippen LogP contribution in [0.1, 0.15) is 18.2 Å². The summed E-state index contributed by atoms with van der Waals surface area (Å²) in [6.45, 7) is 9.01. The molecule has 1 amide bonds. The molecule has 0 saturated heterocycles. The van der Waals surface area contributed by atoms with Crippen molar-refractivity contribution >= 4 is 45.6 Å². The van der Waals surface area contributed by atoms with E-state index in [1.165, 1.54) is 30.0 Å². The first kappa shape index (κ1) is 23.0. The van der Waals surface area contributed by atoms with Gasteiger partial charge < -0.3 is 20.9 Å². The molecule has 0 fully saturated rings. The highest BCUT2D eigenvalue weighted by Crippen LogP contribution is 2.42. The SMILES string of the molecule is [C-]#[N+]c1c(N)nc(SCc2csc(NC(C)=O)n2)c(C#N)c1-c1ccc(OCCO)cc1. The van der Waals surface area contributed by atoms with Crippen LogP contribution in [0.4, 0.5) is 16.6 Å². The van der Waals surface area contributed by atoms with Gasteiger partial charge in [-0.05, 0) is 17.7 Å². The third-order valence-electron chi connectivity index (χ3n) is 4.08. The molecule has 3 aromatic rings. The number of carbonyl (C=O) groups is 1. The van der Waals surface area contributed by atoms with Crippen molar-refractivity contribution in [1.82, 2.24) is 9.97 Å². The third-order valence-corrected chi connectivity index (χ3v) is 5.90. The molecule has 0 radical (unpaired) electrons. The Balaban J connectivity index is 1.94. The molecule has 2 heterocycles. The summed E-state index contributed by atoms with van der Waals surface area (Å²) in [5.41, 5.74) is 8.16. The molecule has 32 heavy (non-hydrogen) atoms. The van der Waals surface area contributed by atoms with E-state index in [1.54, 1.807) is 24.3 Å². The molecule has 2 aromatic heterocycles. The van der Waals surface area contributed by atoms with Crippen molar-refractivity contribution in [2.24, 2.45) is 0 Å². The standard InChI is InChI=1S/C21H18N6O3S2/c1-12(29)25-21-26-14(11-32-21)10-31-20-16(9-22)17(18(24-2)19(23)27-20)13-3-5-15(6-4-13)30-8-7-28/h3-6,11,28H,7-8,10H2,1H3,(H2,23,27)(H,25,26,29). The molecule has 0 atom stereocenters. The first-order valence-electron chi connectivity index (χ1n) is 9.26. The van der Waals surface area contributed by atoms with Gasteiger partial charge in [-0.2, -0.15) is 5.26 Å². The second-order valence-electron chi connectivity index (χ2n) is 6.33. The van der Waals surface area contributed by atoms with Gasteiger partial charge >= 0.3 is 0 Å². The van der Waals surface area contributed by atoms with Crippen LogP contribution in [0.2, 0.25) is 0 Å². The number of nitrogens with one attached hydrogen (secondary N) is 1. The van der Waals surface area contributed by atoms with Crippen molar-refractivity contribution in [3.8, 4) is 22.9 Å². The third kappa shape index (κ3) is 5.34. The summed E-state index contributed by atoms with van der Waals surface area (Å²) in [4.78, 5) is 23.3. The summed E-state index contributed by atoms with van der Waals surface area (Å²) >= 11 is 2.58. The Morgan fingerprint density at radius 3 is 2.78 bits per heavy atom. The number of nitrogens with two attached hydrogens (primary N) is 1. The molecule has 0 aliphatic rings. The van der Waals surface area contributed by atoms with Gasteiger partial charge in [0.05, 0.1) is 24.4 Å². The maximum Gasteiger partial charge on any atom is 0.236 e. The number of nitrogen functional groups attached to an aromatic ring is 1. The highest BCUT2D eigenvalue weighted by molar-refractivity contribution is 7.98. The lowest BCUT2D eigenvalue weighted by atomic mass is 10.00. The smallest absolute Gasteiger partial charge is 0.236 e. The molecular weight excluding hydrogens is 448 g/mol. The number of amides is 1. The predicted octanol–water partition coefficient (Wildman–Crippen LogP) is 3.83. The first-order chi connectivity index (χ1) is 15.5. The molecular formula is C21H18N6O3S2. The fraction of sp³-hybridized carbons (Fsp3) is 0.190. The monoisotopic (exact) mass is 466 g/mol. The van der Waals surface area contributed by atoms with E-state index < -0.39 is 0 Å². The van der Waals surface area contributed by atoms with Gasteiger partial charge in [0.1, 0.15) is 29.3 Å². The molecule has 0 bridgehead atoms. The second-order valence-corrected chi connectivity index (χ2v) is 8.16. The maximum absolute atomic E-state index is 11.2. The van der Waals surface area contributed by atoms with E-state index in [-0.39, 0.29) is 36.2 Å². The van der Waals surface area contributed by atoms with E-state index in [4.69, 9.17) is 22.1 Å². The van der Waals surface area contributed by atoms with Gasteiger partial charge in [0.2, 0.25) is 11.6 Å². The number of ether oxygens (including phenoxy) is 1. The zero-order valence-corrected chi connectivity index (χ0v) is 18.6. The highest BCUT2D eigenvalue weighted by Gasteiger charge is 2.21. The number of benzene rings is 1. The number of carbonyl (C=O) groups excluding carboxylic acids is 1. The van der Waals surface area contributed by atoms with E-state index in [9.17, 15) is 10.1 Å². The molecule has 0 aliphatic heterocycles. The number of aliphatic hydroxyl groups is 1. The Morgan fingerprint density at radius 2 is 2.16 bits per heavy atom. The van der Waals surface area contributed by atoms with E-state index >= 15 is 0 Å². The topological polar surface area (TPSA) is 139 Å². The number of thiazole rings is 1. The Bertz CT molecular complexity index is 1210. The van der Waals surface area contributed by atoms with Crippen LogP contribution in [-0.4, -0.2) is 34.2 Å². The summed E-state index contributed by atoms with van der Waals surface area (Å²) in [5, 5.41) is 24.1. The molecule has 162 valence electrons. The van der Waals surface area contributed by atoms with Crippen molar-refractivity contribution in [2.45, 2.75) is 17.7 Å². The number of nitrogens with zero attached hydrogens (tertiary/aromatic N) is 4. The van der Waals surface area contributed by atoms with E-state index in [2.05, 4.69) is 26.2 Å². The minimum absolute atomic E-state index is 0.0364. The lowest BCUT2D eigenvalue weighted by Gasteiger charge is -2.13. The van der Waals surface area contributed by atoms with Crippen LogP contribution in [0, 0.1) is 17.9 Å². The average Bonchev–Trinajstić information content (AvgIpc) is 3.22. The number of aromatic nitrogens is 2. The number of anilines is 2. The maximum atomic E-state index is 11.2. The molecule has 3 rings (SSSR count). The van der Waals surface area contributed by atoms with Gasteiger partial charge in [0, 0.05) is 23.6 Å². The minimum Gasteiger partial charge on any atom is -0.491 e. The molecule has 0 spiro atoms. The largest absolute Gasteiger partial charge is 0.491 e. The van der Waals surface area contributed by atoms with Gasteiger partial charge in [-0.15, -0.1) is 11.3 Å². The molecule has 1 aromatic carbocycles. The molecule has 0 unspecified atom stereocenters. The summed E-state index contributed by atoms with van der Waals surface area (Å²) in [5.74, 6) is 0.795. The fourth-order valence-electron chi connectivity index (χ4n) is 2.78. The zero-order valence-electron chi connectivity index (χ0n) is 17.0. The number of hydrogen-bond donors (Lipinski definition) is 3. The number of thioether (sulfide) groups is 1. The number of pyridine rings is 1. The van der Waals surface area contributed by atoms with Crippen LogP contribution in [-0.2, 0) is 10.5 Å². The van der Waals surface area contributed by atoms with E-state index in [1.807, 2.05) is 5.38 Å². The quantitative estimate of drug-likeness (QED) is 0.336. The Morgan fingerprint density at radius 1 is 1.41 bits per heavy atom. The van der Waals surface area contributed by atoms with Crippen LogP contribution in [0.5, 0.6) is 5.75 Å². The van der Waals surface area contributed by atoms with Crippen LogP contribution < -0.4 is 15.8 Å². The van der Waals surface area contributed by atoms with Crippen LogP contribution in [0.25, 0.3) is 16.0 Å². The molecule has 4 N–H and O–H groups in total. The Labute approximate surface area is 192 Å². The van der Waals surface area contributed by atoms with E-state index in [0.29, 0.717) is 38.5 Å². The highest BCUT2D eigenvalue weighted by atomic mass is 32.2. The summed E-state index contributed by atoms with van der Waals surface area (Å²) < 4.78 is 5.37. The summed E-state index contributed by atoms with van der Waals surface area (Å²) in [7, 11) is 0. The molecule has 0 saturated carbocycles. The normalized spacial score (nSPS) is 10.2. The Hall–Kier alpha value is -3.64. The van der Waals surface area contributed by atoms with Crippen LogP contribution >= 0.6 is 23.1 Å². The van der Waals surface area contributed by atoms with Crippen molar-refractivity contribution in [1.29, 1.82) is 5.26 Å². The van der Waals surface area contributed by atoms with Gasteiger partial charge in [0.15, 0.2) is 5.13 Å². The molecule has 0 aliphatic carbocycles. The van der Waals surface area contributed by atoms with Crippen molar-refractivity contribution in [3.05, 3.63) is 52.3 Å². The second kappa shape index (κ2) is 10.6. The van der Waals surface area contributed by atoms with Crippen molar-refractivity contribution in [2.75, 3.05) is 24.3 Å². The number of rotatable bonds is 8. The van der Waals surface area contributed by atoms with Crippen molar-refractivity contribution < 1.29 is 14.6 Å². The zero-order chi connectivity index (χ0) is 23.1. The summed E-state index contributed by atoms with van der Waals surface area (Å²) in [6, 6.07) is 9.01. The number of aliphatic hydroxyl groups excluding tert-OH is 1. The minimum atomic E-state index is -0.202. The number of nitriles is 1. The van der Waals surface area contributed by atoms with Gasteiger partial charge in [-0.25, -0.2) is 14.8 Å². The van der Waals surface area contributed by atoms with Gasteiger partial charge in [-0.1, -0.05) is 23.9 Å². The fourth-order valence-corrected chi connectivity index (χ4v) is 4.53. The summed E-state index contributed by atoms with van der Waals surface area (Å²) in [6.07, 6.45) is 0. The van der Waals surface area contributed by atoms with Crippen LogP contribution in [0.15, 0.2) is 34.7 Å². The lowest BCUT2D eigenvalue weighted by molar-refractivity contribution is -0.114. The lowest BCUT2D eigenvalue weighted by Crippen LogP contribution is -2.05. The number of hydrogen-bond acceptors (Lipinski definition) is 9. The molecule has 11 heteroatoms. The van der Waals surface area contributed by atoms with Crippen LogP contribution in [0.3, 0.4) is 0 Å². The Kier molecular flexibility index (Phi) is 7.63. The molecule has 9 nitrogen and oxygen atoms in total. The van der Waals surface area contributed by atoms with Crippen molar-refractivity contribution in [3.63, 3.8) is 0 Å².